The van der Waals surface area contributed by atoms with Crippen LogP contribution in [0.25, 0.3) is 0 Å². The first-order valence-corrected chi connectivity index (χ1v) is 10.8. The second kappa shape index (κ2) is 10.7. The van der Waals surface area contributed by atoms with Crippen LogP contribution in [0.2, 0.25) is 0 Å². The summed E-state index contributed by atoms with van der Waals surface area (Å²) in [6, 6.07) is 8.93. The largest absolute Gasteiger partial charge is 0.323 e. The molecule has 158 valence electrons. The minimum absolute atomic E-state index is 0.127. The number of carbonyl (C=O) groups excluding carboxylic acids is 2. The molecule has 1 aromatic carbocycles. The molecule has 3 rings (SSSR count). The van der Waals surface area contributed by atoms with Crippen molar-refractivity contribution in [3.8, 4) is 0 Å². The van der Waals surface area contributed by atoms with E-state index in [1.807, 2.05) is 16.9 Å². The van der Waals surface area contributed by atoms with Gasteiger partial charge >= 0.3 is 0 Å². The van der Waals surface area contributed by atoms with E-state index in [1.54, 1.807) is 35.8 Å². The molecule has 8 nitrogen and oxygen atoms in total. The lowest BCUT2D eigenvalue weighted by atomic mass is 10.2. The number of hydrogen-bond donors (Lipinski definition) is 2. The van der Waals surface area contributed by atoms with Crippen LogP contribution in [0.1, 0.15) is 29.9 Å². The summed E-state index contributed by atoms with van der Waals surface area (Å²) >= 11 is 1.29. The third kappa shape index (κ3) is 6.23. The zero-order valence-electron chi connectivity index (χ0n) is 17.2. The van der Waals surface area contributed by atoms with Crippen LogP contribution in [-0.4, -0.2) is 51.1 Å². The fourth-order valence-electron chi connectivity index (χ4n) is 2.91. The SMILES string of the molecule is CCN(CC)CCn1cc(NC(=O)Cc2csc(NC(=O)c3ccccc3)n2)cn1. The lowest BCUT2D eigenvalue weighted by Crippen LogP contribution is -2.27. The Morgan fingerprint density at radius 2 is 1.90 bits per heavy atom. The minimum atomic E-state index is -0.224. The van der Waals surface area contributed by atoms with Gasteiger partial charge in [0, 0.05) is 23.7 Å². The van der Waals surface area contributed by atoms with Gasteiger partial charge in [0.15, 0.2) is 5.13 Å². The van der Waals surface area contributed by atoms with Crippen molar-refractivity contribution in [2.75, 3.05) is 30.3 Å². The normalized spacial score (nSPS) is 10.9. The van der Waals surface area contributed by atoms with Crippen LogP contribution in [0, 0.1) is 0 Å². The second-order valence-electron chi connectivity index (χ2n) is 6.71. The summed E-state index contributed by atoms with van der Waals surface area (Å²) in [5.41, 5.74) is 1.83. The molecule has 0 fully saturated rings. The van der Waals surface area contributed by atoms with Crippen LogP contribution >= 0.6 is 11.3 Å². The molecule has 30 heavy (non-hydrogen) atoms. The van der Waals surface area contributed by atoms with Gasteiger partial charge in [-0.3, -0.25) is 19.6 Å². The Kier molecular flexibility index (Phi) is 7.69. The molecule has 0 aliphatic carbocycles. The highest BCUT2D eigenvalue weighted by atomic mass is 32.1. The van der Waals surface area contributed by atoms with E-state index >= 15 is 0 Å². The van der Waals surface area contributed by atoms with Crippen LogP contribution in [0.15, 0.2) is 48.1 Å². The minimum Gasteiger partial charge on any atom is -0.323 e. The highest BCUT2D eigenvalue weighted by Crippen LogP contribution is 2.17. The number of thiazole rings is 1. The number of rotatable bonds is 10. The summed E-state index contributed by atoms with van der Waals surface area (Å²) in [4.78, 5) is 31.2. The number of benzene rings is 1. The molecule has 0 aliphatic heterocycles. The molecule has 2 aromatic heterocycles. The van der Waals surface area contributed by atoms with E-state index in [-0.39, 0.29) is 18.2 Å². The number of likely N-dealkylation sites (N-methyl/N-ethyl adjacent to an activating group) is 1. The lowest BCUT2D eigenvalue weighted by molar-refractivity contribution is -0.115. The Balaban J connectivity index is 1.48. The third-order valence-corrected chi connectivity index (χ3v) is 5.41. The van der Waals surface area contributed by atoms with Crippen molar-refractivity contribution < 1.29 is 9.59 Å². The van der Waals surface area contributed by atoms with Crippen molar-refractivity contribution >= 4 is 34.0 Å². The molecule has 0 atom stereocenters. The van der Waals surface area contributed by atoms with Gasteiger partial charge in [-0.15, -0.1) is 11.3 Å². The third-order valence-electron chi connectivity index (χ3n) is 4.61. The Hall–Kier alpha value is -3.04. The fourth-order valence-corrected chi connectivity index (χ4v) is 3.61. The Bertz CT molecular complexity index is 965. The van der Waals surface area contributed by atoms with Gasteiger partial charge in [-0.25, -0.2) is 4.98 Å². The van der Waals surface area contributed by atoms with E-state index in [0.717, 1.165) is 26.2 Å². The van der Waals surface area contributed by atoms with Gasteiger partial charge in [-0.05, 0) is 25.2 Å². The average molecular weight is 427 g/mol. The van der Waals surface area contributed by atoms with E-state index in [9.17, 15) is 9.59 Å². The Labute approximate surface area is 179 Å². The number of nitrogens with one attached hydrogen (secondary N) is 2. The summed E-state index contributed by atoms with van der Waals surface area (Å²) in [7, 11) is 0. The van der Waals surface area contributed by atoms with Gasteiger partial charge in [0.2, 0.25) is 5.91 Å². The van der Waals surface area contributed by atoms with E-state index < -0.39 is 0 Å². The van der Waals surface area contributed by atoms with E-state index in [1.165, 1.54) is 11.3 Å². The second-order valence-corrected chi connectivity index (χ2v) is 7.57. The molecule has 0 radical (unpaired) electrons. The van der Waals surface area contributed by atoms with Crippen LogP contribution in [0.3, 0.4) is 0 Å². The van der Waals surface area contributed by atoms with Gasteiger partial charge in [0.1, 0.15) is 0 Å². The predicted octanol–water partition coefficient (Wildman–Crippen LogP) is 3.11. The average Bonchev–Trinajstić information content (AvgIpc) is 3.38. The first-order valence-electron chi connectivity index (χ1n) is 9.92. The maximum Gasteiger partial charge on any atom is 0.257 e. The molecule has 0 aliphatic rings. The highest BCUT2D eigenvalue weighted by Gasteiger charge is 2.12. The van der Waals surface area contributed by atoms with E-state index in [2.05, 4.69) is 39.5 Å². The standard InChI is InChI=1S/C21H26N6O2S/c1-3-26(4-2)10-11-27-14-18(13-22-27)23-19(28)12-17-15-30-21(24-17)25-20(29)16-8-6-5-7-9-16/h5-9,13-15H,3-4,10-12H2,1-2H3,(H,23,28)(H,24,25,29). The monoisotopic (exact) mass is 426 g/mol. The molecule has 9 heteroatoms. The first kappa shape index (κ1) is 21.7. The van der Waals surface area contributed by atoms with E-state index in [0.29, 0.717) is 22.1 Å². The Morgan fingerprint density at radius 3 is 2.63 bits per heavy atom. The van der Waals surface area contributed by atoms with Crippen molar-refractivity contribution in [2.24, 2.45) is 0 Å². The number of amides is 2. The van der Waals surface area contributed by atoms with Crippen molar-refractivity contribution in [3.05, 3.63) is 59.4 Å². The number of carbonyl (C=O) groups is 2. The molecule has 2 amide bonds. The van der Waals surface area contributed by atoms with Crippen LogP contribution in [-0.2, 0) is 17.8 Å². The van der Waals surface area contributed by atoms with Gasteiger partial charge in [0.05, 0.1) is 30.5 Å². The van der Waals surface area contributed by atoms with Gasteiger partial charge in [-0.2, -0.15) is 5.10 Å². The van der Waals surface area contributed by atoms with Crippen molar-refractivity contribution in [1.29, 1.82) is 0 Å². The topological polar surface area (TPSA) is 92.2 Å². The molecular formula is C21H26N6O2S. The molecule has 0 spiro atoms. The molecule has 0 bridgehead atoms. The summed E-state index contributed by atoms with van der Waals surface area (Å²) in [6.07, 6.45) is 3.60. The quantitative estimate of drug-likeness (QED) is 0.520. The Morgan fingerprint density at radius 1 is 1.13 bits per heavy atom. The summed E-state index contributed by atoms with van der Waals surface area (Å²) in [5.74, 6) is -0.400. The van der Waals surface area contributed by atoms with Crippen molar-refractivity contribution in [3.63, 3.8) is 0 Å². The van der Waals surface area contributed by atoms with Crippen LogP contribution in [0.4, 0.5) is 10.8 Å². The summed E-state index contributed by atoms with van der Waals surface area (Å²) in [6.45, 7) is 7.96. The summed E-state index contributed by atoms with van der Waals surface area (Å²) < 4.78 is 1.83. The number of hydrogen-bond acceptors (Lipinski definition) is 6. The molecule has 3 aromatic rings. The number of anilines is 2. The smallest absolute Gasteiger partial charge is 0.257 e. The lowest BCUT2D eigenvalue weighted by Gasteiger charge is -2.17. The molecule has 0 saturated heterocycles. The van der Waals surface area contributed by atoms with Gasteiger partial charge < -0.3 is 10.2 Å². The maximum absolute atomic E-state index is 12.3. The molecular weight excluding hydrogens is 400 g/mol. The summed E-state index contributed by atoms with van der Waals surface area (Å²) in [5, 5.41) is 12.1. The fraction of sp³-hybridized carbons (Fsp3) is 0.333. The van der Waals surface area contributed by atoms with Crippen LogP contribution in [0.5, 0.6) is 0 Å². The zero-order chi connectivity index (χ0) is 21.3. The van der Waals surface area contributed by atoms with Gasteiger partial charge in [0.25, 0.3) is 5.91 Å². The van der Waals surface area contributed by atoms with Crippen molar-refractivity contribution in [1.82, 2.24) is 19.7 Å². The van der Waals surface area contributed by atoms with Crippen LogP contribution < -0.4 is 10.6 Å². The first-order chi connectivity index (χ1) is 14.6. The molecule has 0 unspecified atom stereocenters. The molecule has 0 saturated carbocycles. The molecule has 2 heterocycles. The highest BCUT2D eigenvalue weighted by molar-refractivity contribution is 7.14. The zero-order valence-corrected chi connectivity index (χ0v) is 18.0. The number of nitrogens with zero attached hydrogens (tertiary/aromatic N) is 4. The molecule has 2 N–H and O–H groups in total. The van der Waals surface area contributed by atoms with Crippen molar-refractivity contribution in [2.45, 2.75) is 26.8 Å². The van der Waals surface area contributed by atoms with E-state index in [4.69, 9.17) is 0 Å². The number of aromatic nitrogens is 3. The maximum atomic E-state index is 12.3. The predicted molar refractivity (Wildman–Crippen MR) is 119 cm³/mol. The van der Waals surface area contributed by atoms with Gasteiger partial charge in [-0.1, -0.05) is 32.0 Å².